The topological polar surface area (TPSA) is 43.8 Å². The Morgan fingerprint density at radius 2 is 2.19 bits per heavy atom. The fraction of sp³-hybridized carbons (Fsp3) is 0.0714. The maximum absolute atomic E-state index is 14.4. The summed E-state index contributed by atoms with van der Waals surface area (Å²) in [5.41, 5.74) is 8.62. The van der Waals surface area contributed by atoms with Gasteiger partial charge in [0.25, 0.3) is 0 Å². The fourth-order valence-corrected chi connectivity index (χ4v) is 3.64. The van der Waals surface area contributed by atoms with Crippen LogP contribution in [0.3, 0.4) is 0 Å². The third kappa shape index (κ3) is 2.56. The van der Waals surface area contributed by atoms with E-state index in [-0.39, 0.29) is 5.02 Å². The van der Waals surface area contributed by atoms with Gasteiger partial charge in [0, 0.05) is 23.6 Å². The van der Waals surface area contributed by atoms with Crippen molar-refractivity contribution in [2.24, 2.45) is 7.05 Å². The van der Waals surface area contributed by atoms with Gasteiger partial charge in [-0.25, -0.2) is 4.39 Å². The van der Waals surface area contributed by atoms with E-state index in [1.165, 1.54) is 6.07 Å². The summed E-state index contributed by atoms with van der Waals surface area (Å²) in [5, 5.41) is 6.48. The Balaban J connectivity index is 2.29. The number of aryl methyl sites for hydroxylation is 1. The summed E-state index contributed by atoms with van der Waals surface area (Å²) in [7, 11) is 1.74. The summed E-state index contributed by atoms with van der Waals surface area (Å²) in [6.07, 6.45) is 0. The first-order valence-electron chi connectivity index (χ1n) is 6.00. The van der Waals surface area contributed by atoms with Crippen LogP contribution >= 0.6 is 45.5 Å². The molecule has 0 radical (unpaired) electrons. The van der Waals surface area contributed by atoms with Crippen LogP contribution in [0.25, 0.3) is 22.4 Å². The number of thiophene rings is 1. The van der Waals surface area contributed by atoms with Gasteiger partial charge in [0.1, 0.15) is 17.3 Å². The second kappa shape index (κ2) is 5.58. The van der Waals surface area contributed by atoms with Gasteiger partial charge >= 0.3 is 0 Å². The van der Waals surface area contributed by atoms with E-state index < -0.39 is 5.82 Å². The van der Waals surface area contributed by atoms with Crippen molar-refractivity contribution in [2.45, 2.75) is 0 Å². The Bertz CT molecular complexity index is 828. The van der Waals surface area contributed by atoms with Gasteiger partial charge < -0.3 is 5.73 Å². The molecule has 0 aliphatic rings. The zero-order valence-corrected chi connectivity index (χ0v) is 14.6. The zero-order chi connectivity index (χ0) is 15.1. The van der Waals surface area contributed by atoms with Crippen LogP contribution in [0.4, 0.5) is 10.2 Å². The first-order chi connectivity index (χ1) is 9.99. The lowest BCUT2D eigenvalue weighted by Gasteiger charge is -2.06. The van der Waals surface area contributed by atoms with E-state index in [0.29, 0.717) is 22.6 Å². The largest absolute Gasteiger partial charge is 0.383 e. The maximum atomic E-state index is 14.4. The lowest BCUT2D eigenvalue weighted by molar-refractivity contribution is 0.632. The number of nitrogens with zero attached hydrogens (tertiary/aromatic N) is 2. The molecule has 21 heavy (non-hydrogen) atoms. The Hall–Kier alpha value is -1.12. The summed E-state index contributed by atoms with van der Waals surface area (Å²) in [6.45, 7) is 0. The van der Waals surface area contributed by atoms with Gasteiger partial charge in [0.2, 0.25) is 0 Å². The smallest absolute Gasteiger partial charge is 0.149 e. The molecular weight excluding hydrogens is 424 g/mol. The average molecular weight is 434 g/mol. The van der Waals surface area contributed by atoms with Gasteiger partial charge in [-0.05, 0) is 34.7 Å². The molecule has 3 aromatic rings. The SMILES string of the molecule is Cn1nc(-c2csc(I)c2)c(-c2cccc(Cl)c2F)c1N. The van der Waals surface area contributed by atoms with Crippen LogP contribution in [-0.2, 0) is 7.05 Å². The fourth-order valence-electron chi connectivity index (χ4n) is 2.14. The molecule has 0 fully saturated rings. The van der Waals surface area contributed by atoms with Gasteiger partial charge in [0.15, 0.2) is 0 Å². The summed E-state index contributed by atoms with van der Waals surface area (Å²) >= 11 is 9.72. The summed E-state index contributed by atoms with van der Waals surface area (Å²) in [4.78, 5) is 0. The summed E-state index contributed by atoms with van der Waals surface area (Å²) < 4.78 is 17.0. The molecular formula is C14H10ClFIN3S. The predicted molar refractivity (Wildman–Crippen MR) is 94.1 cm³/mol. The molecule has 0 saturated carbocycles. The third-order valence-electron chi connectivity index (χ3n) is 3.15. The molecule has 0 aliphatic heterocycles. The quantitative estimate of drug-likeness (QED) is 0.590. The number of aromatic nitrogens is 2. The van der Waals surface area contributed by atoms with Crippen LogP contribution in [0.15, 0.2) is 29.6 Å². The van der Waals surface area contributed by atoms with Crippen molar-refractivity contribution in [3.05, 3.63) is 43.4 Å². The van der Waals surface area contributed by atoms with Gasteiger partial charge in [-0.1, -0.05) is 23.7 Å². The van der Waals surface area contributed by atoms with Crippen molar-refractivity contribution in [2.75, 3.05) is 5.73 Å². The van der Waals surface area contributed by atoms with Crippen LogP contribution < -0.4 is 5.73 Å². The van der Waals surface area contributed by atoms with Crippen LogP contribution in [-0.4, -0.2) is 9.78 Å². The van der Waals surface area contributed by atoms with E-state index >= 15 is 0 Å². The maximum Gasteiger partial charge on any atom is 0.149 e. The number of hydrogen-bond donors (Lipinski definition) is 1. The van der Waals surface area contributed by atoms with Crippen molar-refractivity contribution in [1.82, 2.24) is 9.78 Å². The number of rotatable bonds is 2. The summed E-state index contributed by atoms with van der Waals surface area (Å²) in [6, 6.07) is 6.88. The Kier molecular flexibility index (Phi) is 3.94. The number of nitrogen functional groups attached to an aromatic ring is 1. The minimum Gasteiger partial charge on any atom is -0.383 e. The lowest BCUT2D eigenvalue weighted by atomic mass is 10.0. The van der Waals surface area contributed by atoms with Gasteiger partial charge in [-0.15, -0.1) is 11.3 Å². The van der Waals surface area contributed by atoms with E-state index in [1.807, 2.05) is 11.4 Å². The predicted octanol–water partition coefficient (Wildman–Crippen LogP) is 4.79. The first-order valence-corrected chi connectivity index (χ1v) is 8.34. The molecule has 0 amide bonds. The second-order valence-corrected chi connectivity index (χ2v) is 7.69. The first kappa shape index (κ1) is 14.8. The van der Waals surface area contributed by atoms with E-state index in [0.717, 1.165) is 8.45 Å². The van der Waals surface area contributed by atoms with E-state index in [9.17, 15) is 4.39 Å². The molecule has 0 saturated heterocycles. The van der Waals surface area contributed by atoms with Crippen LogP contribution in [0, 0.1) is 8.70 Å². The molecule has 3 nitrogen and oxygen atoms in total. The molecule has 7 heteroatoms. The number of anilines is 1. The normalized spacial score (nSPS) is 11.0. The molecule has 3 rings (SSSR count). The van der Waals surface area contributed by atoms with Crippen molar-refractivity contribution >= 4 is 51.3 Å². The van der Waals surface area contributed by atoms with Crippen molar-refractivity contribution in [1.29, 1.82) is 0 Å². The molecule has 1 aromatic carbocycles. The second-order valence-electron chi connectivity index (χ2n) is 4.47. The Morgan fingerprint density at radius 3 is 2.86 bits per heavy atom. The van der Waals surface area contributed by atoms with Crippen molar-refractivity contribution in [3.8, 4) is 22.4 Å². The number of nitrogens with two attached hydrogens (primary N) is 1. The minimum absolute atomic E-state index is 0.0709. The monoisotopic (exact) mass is 433 g/mol. The minimum atomic E-state index is -0.481. The Labute approximate surface area is 143 Å². The van der Waals surface area contributed by atoms with E-state index in [2.05, 4.69) is 27.7 Å². The van der Waals surface area contributed by atoms with E-state index in [4.69, 9.17) is 17.3 Å². The van der Waals surface area contributed by atoms with Crippen LogP contribution in [0.2, 0.25) is 5.02 Å². The highest BCUT2D eigenvalue weighted by Gasteiger charge is 2.21. The Morgan fingerprint density at radius 1 is 1.43 bits per heavy atom. The van der Waals surface area contributed by atoms with Crippen LogP contribution in [0.5, 0.6) is 0 Å². The standard InChI is InChI=1S/C14H10ClFIN3S/c1-20-14(18)11(8-3-2-4-9(15)12(8)16)13(19-20)7-5-10(17)21-6-7/h2-6H,18H2,1H3. The number of halogens is 3. The molecule has 0 unspecified atom stereocenters. The molecule has 0 atom stereocenters. The summed E-state index contributed by atoms with van der Waals surface area (Å²) in [5.74, 6) is -0.0718. The molecule has 0 spiro atoms. The molecule has 108 valence electrons. The zero-order valence-electron chi connectivity index (χ0n) is 10.9. The molecule has 2 heterocycles. The van der Waals surface area contributed by atoms with Gasteiger partial charge in [0.05, 0.1) is 13.5 Å². The molecule has 2 aromatic heterocycles. The highest BCUT2D eigenvalue weighted by molar-refractivity contribution is 14.1. The molecule has 2 N–H and O–H groups in total. The van der Waals surface area contributed by atoms with Gasteiger partial charge in [-0.2, -0.15) is 5.10 Å². The molecule has 0 bridgehead atoms. The average Bonchev–Trinajstić information content (AvgIpc) is 2.99. The highest BCUT2D eigenvalue weighted by Crippen LogP contribution is 2.39. The van der Waals surface area contributed by atoms with Crippen molar-refractivity contribution in [3.63, 3.8) is 0 Å². The lowest BCUT2D eigenvalue weighted by Crippen LogP contribution is -1.98. The highest BCUT2D eigenvalue weighted by atomic mass is 127. The number of hydrogen-bond acceptors (Lipinski definition) is 3. The van der Waals surface area contributed by atoms with Crippen molar-refractivity contribution < 1.29 is 4.39 Å². The van der Waals surface area contributed by atoms with E-state index in [1.54, 1.807) is 35.2 Å². The number of benzene rings is 1. The third-order valence-corrected chi connectivity index (χ3v) is 5.23. The van der Waals surface area contributed by atoms with Crippen LogP contribution in [0.1, 0.15) is 0 Å². The molecule has 0 aliphatic carbocycles. The van der Waals surface area contributed by atoms with Gasteiger partial charge in [-0.3, -0.25) is 4.68 Å².